The molecule has 0 bridgehead atoms. The first-order valence-corrected chi connectivity index (χ1v) is 6.81. The summed E-state index contributed by atoms with van der Waals surface area (Å²) in [5.74, 6) is 0.506. The van der Waals surface area contributed by atoms with Gasteiger partial charge in [-0.3, -0.25) is 0 Å². The number of nitriles is 1. The lowest BCUT2D eigenvalue weighted by Gasteiger charge is -2.18. The summed E-state index contributed by atoms with van der Waals surface area (Å²) >= 11 is 0. The molecule has 1 heterocycles. The Morgan fingerprint density at radius 2 is 2.05 bits per heavy atom. The molecule has 0 N–H and O–H groups in total. The van der Waals surface area contributed by atoms with Gasteiger partial charge in [-0.1, -0.05) is 36.6 Å². The summed E-state index contributed by atoms with van der Waals surface area (Å²) in [6, 6.07) is 9.99. The minimum absolute atomic E-state index is 0.506. The molecule has 1 aliphatic carbocycles. The molecule has 3 rings (SSSR count). The molecule has 1 aromatic heterocycles. The van der Waals surface area contributed by atoms with Gasteiger partial charge in [0.2, 0.25) is 0 Å². The van der Waals surface area contributed by atoms with Crippen LogP contribution in [-0.2, 0) is 0 Å². The van der Waals surface area contributed by atoms with Gasteiger partial charge in [0.15, 0.2) is 0 Å². The van der Waals surface area contributed by atoms with Gasteiger partial charge in [-0.2, -0.15) is 5.26 Å². The van der Waals surface area contributed by atoms with Crippen LogP contribution in [0.1, 0.15) is 32.1 Å². The molecule has 0 aliphatic heterocycles. The smallest absolute Gasteiger partial charge is 0.140 e. The second-order valence-electron chi connectivity index (χ2n) is 5.05. The van der Waals surface area contributed by atoms with Gasteiger partial charge >= 0.3 is 0 Å². The third-order valence-electron chi connectivity index (χ3n) is 3.74. The number of aromatic nitrogens is 3. The molecule has 1 saturated carbocycles. The van der Waals surface area contributed by atoms with Crippen LogP contribution in [0.2, 0.25) is 0 Å². The highest BCUT2D eigenvalue weighted by atomic mass is 15.4. The van der Waals surface area contributed by atoms with Gasteiger partial charge in [0.25, 0.3) is 0 Å². The summed E-state index contributed by atoms with van der Waals surface area (Å²) in [6.07, 6.45) is 8.27. The molecular weight excluding hydrogens is 236 g/mol. The fraction of sp³-hybridized carbons (Fsp3) is 0.400. The second-order valence-corrected chi connectivity index (χ2v) is 5.05. The molecule has 1 aliphatic rings. The Labute approximate surface area is 112 Å². The number of allylic oxidation sites excluding steroid dienone is 2. The van der Waals surface area contributed by atoms with E-state index in [1.54, 1.807) is 4.68 Å². The minimum Gasteiger partial charge on any atom is -0.203 e. The van der Waals surface area contributed by atoms with Crippen LogP contribution >= 0.6 is 0 Å². The Balaban J connectivity index is 1.98. The van der Waals surface area contributed by atoms with Gasteiger partial charge < -0.3 is 0 Å². The number of fused-ring (bicyclic) bond motifs is 1. The minimum atomic E-state index is 0.506. The monoisotopic (exact) mass is 252 g/mol. The topological polar surface area (TPSA) is 54.5 Å². The average molecular weight is 252 g/mol. The van der Waals surface area contributed by atoms with E-state index in [1.165, 1.54) is 32.1 Å². The Kier molecular flexibility index (Phi) is 3.28. The highest BCUT2D eigenvalue weighted by molar-refractivity contribution is 5.79. The van der Waals surface area contributed by atoms with Crippen LogP contribution in [0.5, 0.6) is 0 Å². The molecule has 0 atom stereocenters. The van der Waals surface area contributed by atoms with Crippen LogP contribution in [0, 0.1) is 17.2 Å². The molecule has 0 radical (unpaired) electrons. The first kappa shape index (κ1) is 11.9. The van der Waals surface area contributed by atoms with Gasteiger partial charge in [-0.05, 0) is 37.0 Å². The predicted octanol–water partition coefficient (Wildman–Crippen LogP) is 3.38. The Morgan fingerprint density at radius 1 is 1.26 bits per heavy atom. The van der Waals surface area contributed by atoms with Gasteiger partial charge in [0, 0.05) is 0 Å². The van der Waals surface area contributed by atoms with Crippen molar-refractivity contribution in [1.29, 1.82) is 5.26 Å². The van der Waals surface area contributed by atoms with Crippen LogP contribution in [0.4, 0.5) is 0 Å². The predicted molar refractivity (Wildman–Crippen MR) is 74.0 cm³/mol. The number of rotatable bonds is 2. The lowest BCUT2D eigenvalue weighted by atomic mass is 9.89. The summed E-state index contributed by atoms with van der Waals surface area (Å²) < 4.78 is 1.66. The van der Waals surface area contributed by atoms with Crippen molar-refractivity contribution in [3.63, 3.8) is 0 Å². The standard InChI is InChI=1S/C15H16N4/c16-11-13(10-12-6-2-1-3-7-12)19-15-9-5-4-8-14(15)17-18-19/h4-5,8-10,12H,1-3,6-7H2. The zero-order valence-electron chi connectivity index (χ0n) is 10.8. The molecule has 0 unspecified atom stereocenters. The summed E-state index contributed by atoms with van der Waals surface area (Å²) in [5, 5.41) is 17.6. The fourth-order valence-electron chi connectivity index (χ4n) is 2.73. The van der Waals surface area contributed by atoms with Crippen molar-refractivity contribution in [2.24, 2.45) is 5.92 Å². The third kappa shape index (κ3) is 2.37. The van der Waals surface area contributed by atoms with Crippen molar-refractivity contribution >= 4 is 16.7 Å². The van der Waals surface area contributed by atoms with E-state index in [-0.39, 0.29) is 0 Å². The molecule has 0 amide bonds. The lowest BCUT2D eigenvalue weighted by molar-refractivity contribution is 0.419. The van der Waals surface area contributed by atoms with E-state index >= 15 is 0 Å². The van der Waals surface area contributed by atoms with Crippen LogP contribution < -0.4 is 0 Å². The summed E-state index contributed by atoms with van der Waals surface area (Å²) in [4.78, 5) is 0. The highest BCUT2D eigenvalue weighted by Crippen LogP contribution is 2.27. The number of hydrogen-bond donors (Lipinski definition) is 0. The van der Waals surface area contributed by atoms with Crippen molar-refractivity contribution < 1.29 is 0 Å². The second kappa shape index (κ2) is 5.23. The molecule has 19 heavy (non-hydrogen) atoms. The molecule has 0 spiro atoms. The van der Waals surface area contributed by atoms with E-state index in [4.69, 9.17) is 0 Å². The van der Waals surface area contributed by atoms with Crippen molar-refractivity contribution in [2.45, 2.75) is 32.1 Å². The number of nitrogens with zero attached hydrogens (tertiary/aromatic N) is 4. The molecule has 2 aromatic rings. The normalized spacial score (nSPS) is 17.5. The van der Waals surface area contributed by atoms with E-state index < -0.39 is 0 Å². The summed E-state index contributed by atoms with van der Waals surface area (Å²) in [5.41, 5.74) is 2.32. The Morgan fingerprint density at radius 3 is 2.84 bits per heavy atom. The Bertz CT molecular complexity index is 641. The largest absolute Gasteiger partial charge is 0.203 e. The highest BCUT2D eigenvalue weighted by Gasteiger charge is 2.14. The SMILES string of the molecule is N#CC(=CC1CCCCC1)n1nnc2ccccc21. The van der Waals surface area contributed by atoms with E-state index in [0.29, 0.717) is 11.6 Å². The quantitative estimate of drug-likeness (QED) is 0.770. The summed E-state index contributed by atoms with van der Waals surface area (Å²) in [6.45, 7) is 0. The number of benzene rings is 1. The maximum atomic E-state index is 9.38. The van der Waals surface area contributed by atoms with Crippen molar-refractivity contribution in [3.8, 4) is 6.07 Å². The molecule has 0 saturated heterocycles. The van der Waals surface area contributed by atoms with Gasteiger partial charge in [0.1, 0.15) is 17.3 Å². The van der Waals surface area contributed by atoms with E-state index in [2.05, 4.69) is 22.5 Å². The lowest BCUT2D eigenvalue weighted by Crippen LogP contribution is -2.06. The van der Waals surface area contributed by atoms with Crippen molar-refractivity contribution in [3.05, 3.63) is 30.3 Å². The average Bonchev–Trinajstić information content (AvgIpc) is 2.90. The molecule has 96 valence electrons. The van der Waals surface area contributed by atoms with Crippen LogP contribution in [-0.4, -0.2) is 15.0 Å². The molecular formula is C15H16N4. The molecule has 1 fully saturated rings. The van der Waals surface area contributed by atoms with E-state index in [9.17, 15) is 5.26 Å². The van der Waals surface area contributed by atoms with Crippen molar-refractivity contribution in [2.75, 3.05) is 0 Å². The molecule has 4 heteroatoms. The zero-order valence-corrected chi connectivity index (χ0v) is 10.8. The first-order valence-electron chi connectivity index (χ1n) is 6.81. The van der Waals surface area contributed by atoms with Gasteiger partial charge in [-0.15, -0.1) is 5.10 Å². The van der Waals surface area contributed by atoms with E-state index in [1.807, 2.05) is 24.3 Å². The van der Waals surface area contributed by atoms with E-state index in [0.717, 1.165) is 11.0 Å². The molecule has 1 aromatic carbocycles. The third-order valence-corrected chi connectivity index (χ3v) is 3.74. The number of hydrogen-bond acceptors (Lipinski definition) is 3. The van der Waals surface area contributed by atoms with Crippen LogP contribution in [0.15, 0.2) is 30.3 Å². The van der Waals surface area contributed by atoms with Crippen LogP contribution in [0.3, 0.4) is 0 Å². The van der Waals surface area contributed by atoms with Gasteiger partial charge in [-0.25, -0.2) is 4.68 Å². The Hall–Kier alpha value is -2.15. The van der Waals surface area contributed by atoms with Crippen LogP contribution in [0.25, 0.3) is 16.7 Å². The zero-order chi connectivity index (χ0) is 13.1. The fourth-order valence-corrected chi connectivity index (χ4v) is 2.73. The van der Waals surface area contributed by atoms with Crippen molar-refractivity contribution in [1.82, 2.24) is 15.0 Å². The summed E-state index contributed by atoms with van der Waals surface area (Å²) in [7, 11) is 0. The maximum Gasteiger partial charge on any atom is 0.140 e. The molecule has 4 nitrogen and oxygen atoms in total. The van der Waals surface area contributed by atoms with Gasteiger partial charge in [0.05, 0.1) is 5.52 Å². The first-order chi connectivity index (χ1) is 9.38. The maximum absolute atomic E-state index is 9.38. The number of para-hydroxylation sites is 1.